The number of nitrogens with zero attached hydrogens (tertiary/aromatic N) is 2. The molecule has 1 amide bonds. The average Bonchev–Trinajstić information content (AvgIpc) is 3.71. The highest BCUT2D eigenvalue weighted by atomic mass is 32.1. The summed E-state index contributed by atoms with van der Waals surface area (Å²) < 4.78 is 18.0. The van der Waals surface area contributed by atoms with E-state index in [4.69, 9.17) is 13.9 Å². The standard InChI is InChI=1S/C33H22N2O6S/c1-39-22-14-15-24-27(18-22)42-33(34-24)35-29(20-9-7-12-23(16-20)40-21-10-3-2-4-11-21)28(31(37)32(35)38)30(36)26-17-19-8-5-6-13-25(19)41-26/h2-18,29,37H,1H3. The Hall–Kier alpha value is -5.41. The van der Waals surface area contributed by atoms with Crippen LogP contribution in [0.5, 0.6) is 17.2 Å². The summed E-state index contributed by atoms with van der Waals surface area (Å²) in [5.74, 6) is -0.191. The quantitative estimate of drug-likeness (QED) is 0.196. The molecule has 0 saturated heterocycles. The largest absolute Gasteiger partial charge is 0.503 e. The highest BCUT2D eigenvalue weighted by Crippen LogP contribution is 2.45. The van der Waals surface area contributed by atoms with Crippen LogP contribution in [-0.2, 0) is 4.79 Å². The Balaban J connectivity index is 1.36. The van der Waals surface area contributed by atoms with Gasteiger partial charge in [-0.3, -0.25) is 14.5 Å². The number of ketones is 1. The molecule has 0 radical (unpaired) electrons. The Morgan fingerprint density at radius 1 is 0.905 bits per heavy atom. The van der Waals surface area contributed by atoms with Crippen LogP contribution in [-0.4, -0.2) is 28.9 Å². The summed E-state index contributed by atoms with van der Waals surface area (Å²) >= 11 is 1.26. The first-order valence-corrected chi connectivity index (χ1v) is 13.9. The normalized spacial score (nSPS) is 15.1. The number of anilines is 1. The molecular formula is C33H22N2O6S. The van der Waals surface area contributed by atoms with E-state index >= 15 is 0 Å². The molecule has 1 atom stereocenters. The predicted octanol–water partition coefficient (Wildman–Crippen LogP) is 7.63. The number of ether oxygens (including phenoxy) is 2. The van der Waals surface area contributed by atoms with Crippen molar-refractivity contribution in [3.05, 3.63) is 126 Å². The highest BCUT2D eigenvalue weighted by molar-refractivity contribution is 7.22. The minimum atomic E-state index is -1.00. The summed E-state index contributed by atoms with van der Waals surface area (Å²) in [5, 5.41) is 12.3. The Bertz CT molecular complexity index is 1990. The fraction of sp³-hybridized carbons (Fsp3) is 0.0606. The molecule has 2 aromatic heterocycles. The maximum Gasteiger partial charge on any atom is 0.296 e. The number of carbonyl (C=O) groups excluding carboxylic acids is 2. The van der Waals surface area contributed by atoms with Gasteiger partial charge in [0.1, 0.15) is 22.8 Å². The lowest BCUT2D eigenvalue weighted by Crippen LogP contribution is -2.31. The van der Waals surface area contributed by atoms with E-state index in [1.54, 1.807) is 61.7 Å². The molecular weight excluding hydrogens is 552 g/mol. The lowest BCUT2D eigenvalue weighted by Gasteiger charge is -2.24. The number of fused-ring (bicyclic) bond motifs is 2. The van der Waals surface area contributed by atoms with Gasteiger partial charge in [0.25, 0.3) is 5.91 Å². The lowest BCUT2D eigenvalue weighted by atomic mass is 9.95. The fourth-order valence-corrected chi connectivity index (χ4v) is 6.09. The maximum atomic E-state index is 14.0. The molecule has 1 unspecified atom stereocenters. The van der Waals surface area contributed by atoms with Gasteiger partial charge in [0.15, 0.2) is 16.7 Å². The fourth-order valence-electron chi connectivity index (χ4n) is 5.07. The molecule has 0 saturated carbocycles. The zero-order valence-electron chi connectivity index (χ0n) is 22.2. The monoisotopic (exact) mass is 574 g/mol. The Labute approximate surface area is 243 Å². The van der Waals surface area contributed by atoms with Crippen molar-refractivity contribution in [1.82, 2.24) is 4.98 Å². The van der Waals surface area contributed by atoms with Crippen molar-refractivity contribution in [3.63, 3.8) is 0 Å². The minimum absolute atomic E-state index is 0.0168. The molecule has 0 aliphatic carbocycles. The Kier molecular flexibility index (Phi) is 6.21. The number of furan rings is 1. The van der Waals surface area contributed by atoms with Gasteiger partial charge in [-0.15, -0.1) is 0 Å². The number of carbonyl (C=O) groups is 2. The number of aliphatic hydroxyl groups is 1. The van der Waals surface area contributed by atoms with Crippen molar-refractivity contribution in [2.24, 2.45) is 0 Å². The summed E-state index contributed by atoms with van der Waals surface area (Å²) in [6.07, 6.45) is 0. The first-order chi connectivity index (χ1) is 20.5. The number of rotatable bonds is 7. The van der Waals surface area contributed by atoms with Crippen molar-refractivity contribution in [2.75, 3.05) is 12.0 Å². The van der Waals surface area contributed by atoms with Crippen LogP contribution in [0.3, 0.4) is 0 Å². The molecule has 206 valence electrons. The van der Waals surface area contributed by atoms with Crippen LogP contribution in [0, 0.1) is 0 Å². The maximum absolute atomic E-state index is 14.0. The molecule has 1 aliphatic rings. The summed E-state index contributed by atoms with van der Waals surface area (Å²) in [7, 11) is 1.57. The summed E-state index contributed by atoms with van der Waals surface area (Å²) in [6.45, 7) is 0. The SMILES string of the molecule is COc1ccc2nc(N3C(=O)C(O)=C(C(=O)c4cc5ccccc5o4)C3c3cccc(Oc4ccccc4)c3)sc2c1. The number of methoxy groups -OCH3 is 1. The average molecular weight is 575 g/mol. The van der Waals surface area contributed by atoms with Gasteiger partial charge in [-0.25, -0.2) is 4.98 Å². The van der Waals surface area contributed by atoms with Crippen LogP contribution < -0.4 is 14.4 Å². The van der Waals surface area contributed by atoms with E-state index in [-0.39, 0.29) is 11.3 Å². The molecule has 3 heterocycles. The molecule has 9 heteroatoms. The van der Waals surface area contributed by atoms with Crippen LogP contribution in [0.1, 0.15) is 22.2 Å². The van der Waals surface area contributed by atoms with Gasteiger partial charge in [-0.2, -0.15) is 0 Å². The van der Waals surface area contributed by atoms with Gasteiger partial charge in [-0.1, -0.05) is 59.9 Å². The summed E-state index contributed by atoms with van der Waals surface area (Å²) in [6, 6.07) is 29.6. The number of aromatic nitrogens is 1. The lowest BCUT2D eigenvalue weighted by molar-refractivity contribution is -0.117. The Morgan fingerprint density at radius 3 is 2.50 bits per heavy atom. The first-order valence-electron chi connectivity index (χ1n) is 13.1. The van der Waals surface area contributed by atoms with E-state index in [1.807, 2.05) is 48.5 Å². The number of hydrogen-bond acceptors (Lipinski definition) is 8. The smallest absolute Gasteiger partial charge is 0.296 e. The van der Waals surface area contributed by atoms with Crippen LogP contribution in [0.4, 0.5) is 5.13 Å². The first kappa shape index (κ1) is 25.6. The number of hydrogen-bond donors (Lipinski definition) is 1. The zero-order chi connectivity index (χ0) is 28.8. The molecule has 1 N–H and O–H groups in total. The summed E-state index contributed by atoms with van der Waals surface area (Å²) in [5.41, 5.74) is 1.63. The number of Topliss-reactive ketones (excluding diaryl/α,β-unsaturated/α-hetero) is 1. The van der Waals surface area contributed by atoms with Crippen molar-refractivity contribution in [2.45, 2.75) is 6.04 Å². The van der Waals surface area contributed by atoms with E-state index in [0.717, 1.165) is 10.1 Å². The van der Waals surface area contributed by atoms with Crippen molar-refractivity contribution in [3.8, 4) is 17.2 Å². The molecule has 42 heavy (non-hydrogen) atoms. The van der Waals surface area contributed by atoms with Crippen LogP contribution in [0.2, 0.25) is 0 Å². The highest BCUT2D eigenvalue weighted by Gasteiger charge is 2.46. The van der Waals surface area contributed by atoms with Crippen LogP contribution in [0.25, 0.3) is 21.2 Å². The second-order valence-corrected chi connectivity index (χ2v) is 10.6. The van der Waals surface area contributed by atoms with E-state index in [2.05, 4.69) is 4.98 Å². The Morgan fingerprint density at radius 2 is 1.69 bits per heavy atom. The van der Waals surface area contributed by atoms with Gasteiger partial charge in [-0.05, 0) is 60.2 Å². The van der Waals surface area contributed by atoms with Gasteiger partial charge in [0.05, 0.1) is 28.9 Å². The molecule has 8 nitrogen and oxygen atoms in total. The van der Waals surface area contributed by atoms with Crippen molar-refractivity contribution >= 4 is 49.3 Å². The number of para-hydroxylation sites is 2. The van der Waals surface area contributed by atoms with Crippen molar-refractivity contribution < 1.29 is 28.6 Å². The summed E-state index contributed by atoms with van der Waals surface area (Å²) in [4.78, 5) is 33.8. The third kappa shape index (κ3) is 4.36. The number of benzene rings is 4. The third-order valence-corrected chi connectivity index (χ3v) is 8.06. The molecule has 7 rings (SSSR count). The molecule has 0 spiro atoms. The van der Waals surface area contributed by atoms with Crippen molar-refractivity contribution in [1.29, 1.82) is 0 Å². The van der Waals surface area contributed by atoms with Gasteiger partial charge in [0.2, 0.25) is 5.78 Å². The van der Waals surface area contributed by atoms with E-state index < -0.39 is 23.5 Å². The predicted molar refractivity (Wildman–Crippen MR) is 160 cm³/mol. The number of thiazole rings is 1. The number of amides is 1. The van der Waals surface area contributed by atoms with E-state index in [0.29, 0.717) is 39.0 Å². The van der Waals surface area contributed by atoms with Crippen LogP contribution in [0.15, 0.2) is 119 Å². The van der Waals surface area contributed by atoms with Gasteiger partial charge >= 0.3 is 0 Å². The second-order valence-electron chi connectivity index (χ2n) is 9.64. The third-order valence-electron chi connectivity index (χ3n) is 7.05. The van der Waals surface area contributed by atoms with Crippen LogP contribution >= 0.6 is 11.3 Å². The van der Waals surface area contributed by atoms with E-state index in [9.17, 15) is 14.7 Å². The second kappa shape index (κ2) is 10.2. The number of aliphatic hydroxyl groups excluding tert-OH is 1. The van der Waals surface area contributed by atoms with Gasteiger partial charge < -0.3 is 19.0 Å². The van der Waals surface area contributed by atoms with E-state index in [1.165, 1.54) is 16.2 Å². The molecule has 0 bridgehead atoms. The van der Waals surface area contributed by atoms with Gasteiger partial charge in [0, 0.05) is 5.39 Å². The molecule has 6 aromatic rings. The topological polar surface area (TPSA) is 102 Å². The molecule has 1 aliphatic heterocycles. The minimum Gasteiger partial charge on any atom is -0.503 e. The zero-order valence-corrected chi connectivity index (χ0v) is 23.0. The molecule has 0 fully saturated rings. The molecule has 4 aromatic carbocycles.